The second kappa shape index (κ2) is 4.66. The topological polar surface area (TPSA) is 51.0 Å². The van der Waals surface area contributed by atoms with Crippen molar-refractivity contribution < 1.29 is 4.79 Å². The van der Waals surface area contributed by atoms with Crippen molar-refractivity contribution in [1.29, 1.82) is 0 Å². The molecule has 5 nitrogen and oxygen atoms in total. The zero-order valence-electron chi connectivity index (χ0n) is 10.5. The predicted molar refractivity (Wildman–Crippen MR) is 71.0 cm³/mol. The molecule has 1 amide bonds. The van der Waals surface area contributed by atoms with Crippen LogP contribution in [0.5, 0.6) is 0 Å². The van der Waals surface area contributed by atoms with Crippen LogP contribution >= 0.6 is 11.6 Å². The molecule has 0 spiro atoms. The van der Waals surface area contributed by atoms with Gasteiger partial charge in [0.1, 0.15) is 5.82 Å². The van der Waals surface area contributed by atoms with E-state index in [1.807, 2.05) is 11.5 Å². The van der Waals surface area contributed by atoms with Gasteiger partial charge in [-0.2, -0.15) is 0 Å². The Morgan fingerprint density at radius 2 is 1.95 bits per heavy atom. The van der Waals surface area contributed by atoms with Gasteiger partial charge >= 0.3 is 0 Å². The van der Waals surface area contributed by atoms with E-state index in [-0.39, 0.29) is 5.91 Å². The highest BCUT2D eigenvalue weighted by Crippen LogP contribution is 2.16. The number of hydrogen-bond donors (Lipinski definition) is 0. The van der Waals surface area contributed by atoms with Gasteiger partial charge in [0.05, 0.1) is 6.54 Å². The molecule has 0 bridgehead atoms. The minimum atomic E-state index is 0.00331. The Morgan fingerprint density at radius 3 is 2.68 bits per heavy atom. The molecule has 1 aliphatic rings. The summed E-state index contributed by atoms with van der Waals surface area (Å²) in [6.07, 6.45) is 0. The standard InChI is InChI=1S/C13H13ClN4O/c1-9-15-16-12-8-17(6-7-18(9)12)13(19)10-2-4-11(14)5-3-10/h2-5H,6-8H2,1H3. The Kier molecular flexibility index (Phi) is 2.98. The summed E-state index contributed by atoms with van der Waals surface area (Å²) < 4.78 is 2.05. The first kappa shape index (κ1) is 12.2. The van der Waals surface area contributed by atoms with Gasteiger partial charge in [-0.15, -0.1) is 10.2 Å². The largest absolute Gasteiger partial charge is 0.329 e. The number of aryl methyl sites for hydroxylation is 1. The van der Waals surface area contributed by atoms with Crippen LogP contribution in [0.1, 0.15) is 22.0 Å². The van der Waals surface area contributed by atoms with Crippen LogP contribution in [-0.4, -0.2) is 32.1 Å². The Balaban J connectivity index is 1.81. The second-order valence-corrected chi connectivity index (χ2v) is 4.99. The summed E-state index contributed by atoms with van der Waals surface area (Å²) in [7, 11) is 0. The predicted octanol–water partition coefficient (Wildman–Crippen LogP) is 1.90. The number of benzene rings is 1. The maximum atomic E-state index is 12.4. The molecule has 0 saturated heterocycles. The normalized spacial score (nSPS) is 14.3. The van der Waals surface area contributed by atoms with Crippen molar-refractivity contribution in [2.45, 2.75) is 20.0 Å². The molecule has 0 fully saturated rings. The van der Waals surface area contributed by atoms with E-state index in [4.69, 9.17) is 11.6 Å². The third-order valence-corrected chi connectivity index (χ3v) is 3.57. The van der Waals surface area contributed by atoms with Gasteiger partial charge in [-0.25, -0.2) is 0 Å². The highest BCUT2D eigenvalue weighted by Gasteiger charge is 2.23. The molecular formula is C13H13ClN4O. The Morgan fingerprint density at radius 1 is 1.21 bits per heavy atom. The molecular weight excluding hydrogens is 264 g/mol. The second-order valence-electron chi connectivity index (χ2n) is 4.55. The average Bonchev–Trinajstić information content (AvgIpc) is 2.80. The summed E-state index contributed by atoms with van der Waals surface area (Å²) in [5.74, 6) is 1.74. The summed E-state index contributed by atoms with van der Waals surface area (Å²) in [6.45, 7) is 3.84. The number of carbonyl (C=O) groups excluding carboxylic acids is 1. The molecule has 1 aliphatic heterocycles. The summed E-state index contributed by atoms with van der Waals surface area (Å²) in [5, 5.41) is 8.76. The molecule has 0 atom stereocenters. The van der Waals surface area contributed by atoms with E-state index in [1.54, 1.807) is 29.2 Å². The van der Waals surface area contributed by atoms with E-state index in [0.29, 0.717) is 23.7 Å². The zero-order valence-corrected chi connectivity index (χ0v) is 11.3. The molecule has 2 heterocycles. The van der Waals surface area contributed by atoms with Crippen LogP contribution in [-0.2, 0) is 13.1 Å². The first-order chi connectivity index (χ1) is 9.15. The molecule has 6 heteroatoms. The number of aromatic nitrogens is 3. The fraction of sp³-hybridized carbons (Fsp3) is 0.308. The molecule has 1 aromatic carbocycles. The van der Waals surface area contributed by atoms with Crippen LogP contribution < -0.4 is 0 Å². The number of fused-ring (bicyclic) bond motifs is 1. The molecule has 2 aromatic rings. The van der Waals surface area contributed by atoms with Gasteiger partial charge in [-0.3, -0.25) is 4.79 Å². The van der Waals surface area contributed by atoms with E-state index in [2.05, 4.69) is 10.2 Å². The highest BCUT2D eigenvalue weighted by atomic mass is 35.5. The van der Waals surface area contributed by atoms with Crippen LogP contribution in [0.2, 0.25) is 5.02 Å². The van der Waals surface area contributed by atoms with E-state index in [1.165, 1.54) is 0 Å². The lowest BCUT2D eigenvalue weighted by molar-refractivity contribution is 0.0706. The lowest BCUT2D eigenvalue weighted by atomic mass is 10.2. The third-order valence-electron chi connectivity index (χ3n) is 3.32. The number of carbonyl (C=O) groups is 1. The summed E-state index contributed by atoms with van der Waals surface area (Å²) >= 11 is 5.83. The van der Waals surface area contributed by atoms with Gasteiger partial charge in [-0.05, 0) is 31.2 Å². The molecule has 0 saturated carbocycles. The van der Waals surface area contributed by atoms with Crippen LogP contribution in [0.3, 0.4) is 0 Å². The summed E-state index contributed by atoms with van der Waals surface area (Å²) in [4.78, 5) is 14.1. The fourth-order valence-electron chi connectivity index (χ4n) is 2.25. The number of halogens is 1. The lowest BCUT2D eigenvalue weighted by Crippen LogP contribution is -2.38. The van der Waals surface area contributed by atoms with E-state index >= 15 is 0 Å². The SMILES string of the molecule is Cc1nnc2n1CCN(C(=O)c1ccc(Cl)cc1)C2. The van der Waals surface area contributed by atoms with Crippen molar-refractivity contribution in [1.82, 2.24) is 19.7 Å². The van der Waals surface area contributed by atoms with Gasteiger partial charge in [0.2, 0.25) is 0 Å². The summed E-state index contributed by atoms with van der Waals surface area (Å²) in [6, 6.07) is 6.95. The van der Waals surface area contributed by atoms with Crippen molar-refractivity contribution in [3.8, 4) is 0 Å². The Bertz CT molecular complexity index is 620. The number of rotatable bonds is 1. The van der Waals surface area contributed by atoms with Crippen molar-refractivity contribution >= 4 is 17.5 Å². The van der Waals surface area contributed by atoms with E-state index < -0.39 is 0 Å². The first-order valence-electron chi connectivity index (χ1n) is 6.08. The lowest BCUT2D eigenvalue weighted by Gasteiger charge is -2.27. The molecule has 98 valence electrons. The van der Waals surface area contributed by atoms with Crippen LogP contribution in [0, 0.1) is 6.92 Å². The summed E-state index contributed by atoms with van der Waals surface area (Å²) in [5.41, 5.74) is 0.647. The molecule has 19 heavy (non-hydrogen) atoms. The maximum Gasteiger partial charge on any atom is 0.254 e. The van der Waals surface area contributed by atoms with Crippen LogP contribution in [0.15, 0.2) is 24.3 Å². The maximum absolute atomic E-state index is 12.4. The van der Waals surface area contributed by atoms with Crippen molar-refractivity contribution in [3.63, 3.8) is 0 Å². The number of nitrogens with zero attached hydrogens (tertiary/aromatic N) is 4. The van der Waals surface area contributed by atoms with Gasteiger partial charge in [-0.1, -0.05) is 11.6 Å². The van der Waals surface area contributed by atoms with Crippen LogP contribution in [0.25, 0.3) is 0 Å². The smallest absolute Gasteiger partial charge is 0.254 e. The van der Waals surface area contributed by atoms with Crippen LogP contribution in [0.4, 0.5) is 0 Å². The third kappa shape index (κ3) is 2.21. The molecule has 0 aliphatic carbocycles. The quantitative estimate of drug-likeness (QED) is 0.799. The Labute approximate surface area is 115 Å². The molecule has 0 radical (unpaired) electrons. The van der Waals surface area contributed by atoms with E-state index in [0.717, 1.165) is 18.2 Å². The number of hydrogen-bond acceptors (Lipinski definition) is 3. The fourth-order valence-corrected chi connectivity index (χ4v) is 2.38. The molecule has 3 rings (SSSR count). The van der Waals surface area contributed by atoms with E-state index in [9.17, 15) is 4.79 Å². The van der Waals surface area contributed by atoms with Gasteiger partial charge in [0.15, 0.2) is 5.82 Å². The average molecular weight is 277 g/mol. The zero-order chi connectivity index (χ0) is 13.4. The van der Waals surface area contributed by atoms with Crippen molar-refractivity contribution in [2.75, 3.05) is 6.54 Å². The molecule has 0 N–H and O–H groups in total. The van der Waals surface area contributed by atoms with Gasteiger partial charge < -0.3 is 9.47 Å². The van der Waals surface area contributed by atoms with Crippen molar-refractivity contribution in [2.24, 2.45) is 0 Å². The molecule has 0 unspecified atom stereocenters. The first-order valence-corrected chi connectivity index (χ1v) is 6.46. The van der Waals surface area contributed by atoms with Gasteiger partial charge in [0.25, 0.3) is 5.91 Å². The Hall–Kier alpha value is -1.88. The highest BCUT2D eigenvalue weighted by molar-refractivity contribution is 6.30. The molecule has 1 aromatic heterocycles. The van der Waals surface area contributed by atoms with Crippen molar-refractivity contribution in [3.05, 3.63) is 46.5 Å². The van der Waals surface area contributed by atoms with Gasteiger partial charge in [0, 0.05) is 23.7 Å². The minimum absolute atomic E-state index is 0.00331. The minimum Gasteiger partial charge on any atom is -0.329 e. The number of amides is 1. The monoisotopic (exact) mass is 276 g/mol.